The molecular weight excluding hydrogens is 338 g/mol. The minimum Gasteiger partial charge on any atom is -0.487 e. The van der Waals surface area contributed by atoms with Crippen LogP contribution in [-0.2, 0) is 0 Å². The van der Waals surface area contributed by atoms with Gasteiger partial charge in [-0.1, -0.05) is 40.2 Å². The van der Waals surface area contributed by atoms with Gasteiger partial charge in [-0.2, -0.15) is 0 Å². The van der Waals surface area contributed by atoms with Crippen LogP contribution in [0, 0.1) is 0 Å². The Morgan fingerprint density at radius 2 is 1.68 bits per heavy atom. The lowest BCUT2D eigenvalue weighted by Gasteiger charge is -2.22. The Balaban J connectivity index is 2.68. The molecule has 3 heteroatoms. The van der Waals surface area contributed by atoms with Gasteiger partial charge in [0.1, 0.15) is 11.4 Å². The number of hydrogen-bond acceptors (Lipinski definition) is 2. The summed E-state index contributed by atoms with van der Waals surface area (Å²) in [5.41, 5.74) is 1.75. The van der Waals surface area contributed by atoms with Crippen molar-refractivity contribution in [3.63, 3.8) is 0 Å². The molecule has 0 amide bonds. The number of nitrogens with zero attached hydrogens (tertiary/aromatic N) is 1. The highest BCUT2D eigenvalue weighted by atomic mass is 79.9. The van der Waals surface area contributed by atoms with Gasteiger partial charge in [0.05, 0.1) is 11.0 Å². The number of benzene rings is 1. The summed E-state index contributed by atoms with van der Waals surface area (Å²) in [6.07, 6.45) is 4.07. The molecule has 0 aliphatic rings. The summed E-state index contributed by atoms with van der Waals surface area (Å²) in [5, 5.41) is 1.99. The maximum absolute atomic E-state index is 6.15. The lowest BCUT2D eigenvalue weighted by molar-refractivity contribution is 0.129. The maximum Gasteiger partial charge on any atom is 0.131 e. The highest BCUT2D eigenvalue weighted by Gasteiger charge is 2.14. The number of pyridine rings is 1. The van der Waals surface area contributed by atoms with E-state index in [0.29, 0.717) is 0 Å². The van der Waals surface area contributed by atoms with Crippen molar-refractivity contribution in [1.29, 1.82) is 0 Å². The summed E-state index contributed by atoms with van der Waals surface area (Å²) in [4.78, 5) is 4.77. The van der Waals surface area contributed by atoms with Gasteiger partial charge < -0.3 is 4.74 Å². The van der Waals surface area contributed by atoms with Gasteiger partial charge in [-0.25, -0.2) is 4.98 Å². The molecule has 0 aliphatic heterocycles. The van der Waals surface area contributed by atoms with Crippen molar-refractivity contribution in [2.45, 2.75) is 40.2 Å². The monoisotopic (exact) mass is 359 g/mol. The molecule has 0 radical (unpaired) electrons. The first kappa shape index (κ1) is 16.8. The molecule has 116 valence electrons. The Hall–Kier alpha value is -1.61. The van der Waals surface area contributed by atoms with Crippen LogP contribution in [0.5, 0.6) is 5.75 Å². The molecule has 0 fully saturated rings. The van der Waals surface area contributed by atoms with Crippen LogP contribution < -0.4 is 15.3 Å². The van der Waals surface area contributed by atoms with E-state index in [0.717, 1.165) is 32.0 Å². The largest absolute Gasteiger partial charge is 0.487 e. The van der Waals surface area contributed by atoms with Crippen LogP contribution >= 0.6 is 15.9 Å². The molecule has 2 nitrogen and oxygen atoms in total. The standard InChI is InChI=1S/C19H22BrNO/c1-6-15-16(7-2)21-17(12-18(15)22-19(3,4)5)13-8-10-14(20)11-9-13/h6-12H,1-5H3. The van der Waals surface area contributed by atoms with E-state index in [1.165, 1.54) is 0 Å². The maximum atomic E-state index is 6.15. The Morgan fingerprint density at radius 3 is 2.18 bits per heavy atom. The molecule has 0 N–H and O–H groups in total. The minimum absolute atomic E-state index is 0.249. The summed E-state index contributed by atoms with van der Waals surface area (Å²) in [5.74, 6) is 0.871. The third-order valence-electron chi connectivity index (χ3n) is 3.17. The second-order valence-corrected chi connectivity index (χ2v) is 7.02. The normalized spacial score (nSPS) is 13.5. The predicted octanol–water partition coefficient (Wildman–Crippen LogP) is 4.29. The van der Waals surface area contributed by atoms with E-state index >= 15 is 0 Å². The lowest BCUT2D eigenvalue weighted by atomic mass is 10.1. The van der Waals surface area contributed by atoms with Crippen molar-refractivity contribution in [1.82, 2.24) is 4.98 Å². The van der Waals surface area contributed by atoms with Gasteiger partial charge in [-0.3, -0.25) is 0 Å². The summed E-state index contributed by atoms with van der Waals surface area (Å²) in [6.45, 7) is 10.2. The number of ether oxygens (including phenoxy) is 1. The number of aromatic nitrogens is 1. The van der Waals surface area contributed by atoms with E-state index in [1.54, 1.807) is 0 Å². The molecule has 2 rings (SSSR count). The quantitative estimate of drug-likeness (QED) is 0.797. The second-order valence-electron chi connectivity index (χ2n) is 6.10. The average Bonchev–Trinajstić information content (AvgIpc) is 2.45. The van der Waals surface area contributed by atoms with Crippen LogP contribution in [0.25, 0.3) is 23.4 Å². The van der Waals surface area contributed by atoms with Crippen LogP contribution in [0.2, 0.25) is 0 Å². The molecule has 0 bridgehead atoms. The highest BCUT2D eigenvalue weighted by molar-refractivity contribution is 9.10. The first-order valence-corrected chi connectivity index (χ1v) is 8.22. The van der Waals surface area contributed by atoms with E-state index in [9.17, 15) is 0 Å². The molecule has 2 aromatic rings. The second kappa shape index (κ2) is 6.66. The third-order valence-corrected chi connectivity index (χ3v) is 3.70. The molecular formula is C19H22BrNO. The Labute approximate surface area is 140 Å². The summed E-state index contributed by atoms with van der Waals surface area (Å²) >= 11 is 3.47. The molecule has 0 atom stereocenters. The fourth-order valence-corrected chi connectivity index (χ4v) is 2.51. The van der Waals surface area contributed by atoms with Crippen molar-refractivity contribution in [3.8, 4) is 17.0 Å². The summed E-state index contributed by atoms with van der Waals surface area (Å²) in [7, 11) is 0. The van der Waals surface area contributed by atoms with E-state index in [4.69, 9.17) is 9.72 Å². The SMILES string of the molecule is CC=c1nc(-c2ccc(Br)cc2)cc(OC(C)(C)C)c1=CC. The van der Waals surface area contributed by atoms with E-state index in [2.05, 4.69) is 54.9 Å². The average molecular weight is 360 g/mol. The fraction of sp³-hybridized carbons (Fsp3) is 0.316. The zero-order chi connectivity index (χ0) is 16.3. The van der Waals surface area contributed by atoms with Crippen molar-refractivity contribution < 1.29 is 4.74 Å². The predicted molar refractivity (Wildman–Crippen MR) is 97.3 cm³/mol. The van der Waals surface area contributed by atoms with Crippen LogP contribution in [0.4, 0.5) is 0 Å². The Kier molecular flexibility index (Phi) is 5.07. The number of hydrogen-bond donors (Lipinski definition) is 0. The van der Waals surface area contributed by atoms with Crippen molar-refractivity contribution in [3.05, 3.63) is 45.4 Å². The molecule has 0 unspecified atom stereocenters. The van der Waals surface area contributed by atoms with Gasteiger partial charge >= 0.3 is 0 Å². The zero-order valence-corrected chi connectivity index (χ0v) is 15.4. The molecule has 1 heterocycles. The molecule has 0 saturated carbocycles. The van der Waals surface area contributed by atoms with Gasteiger partial charge in [0.2, 0.25) is 0 Å². The van der Waals surface area contributed by atoms with Gasteiger partial charge in [0.25, 0.3) is 0 Å². The molecule has 0 spiro atoms. The summed E-state index contributed by atoms with van der Waals surface area (Å²) in [6, 6.07) is 10.2. The summed E-state index contributed by atoms with van der Waals surface area (Å²) < 4.78 is 7.21. The molecule has 0 saturated heterocycles. The van der Waals surface area contributed by atoms with E-state index < -0.39 is 0 Å². The van der Waals surface area contributed by atoms with Crippen LogP contribution in [0.3, 0.4) is 0 Å². The van der Waals surface area contributed by atoms with Crippen LogP contribution in [0.15, 0.2) is 34.8 Å². The number of halogens is 1. The van der Waals surface area contributed by atoms with Gasteiger partial charge in [0.15, 0.2) is 0 Å². The van der Waals surface area contributed by atoms with Crippen molar-refractivity contribution in [2.24, 2.45) is 0 Å². The van der Waals surface area contributed by atoms with Gasteiger partial charge in [-0.15, -0.1) is 0 Å². The van der Waals surface area contributed by atoms with Crippen molar-refractivity contribution >= 4 is 28.1 Å². The molecule has 1 aromatic heterocycles. The molecule has 0 aliphatic carbocycles. The molecule has 22 heavy (non-hydrogen) atoms. The first-order valence-electron chi connectivity index (χ1n) is 7.43. The molecule has 1 aromatic carbocycles. The van der Waals surface area contributed by atoms with Crippen molar-refractivity contribution in [2.75, 3.05) is 0 Å². The van der Waals surface area contributed by atoms with Gasteiger partial charge in [0, 0.05) is 21.3 Å². The number of rotatable bonds is 2. The Morgan fingerprint density at radius 1 is 1.05 bits per heavy atom. The fourth-order valence-electron chi connectivity index (χ4n) is 2.24. The third kappa shape index (κ3) is 3.98. The smallest absolute Gasteiger partial charge is 0.131 e. The van der Waals surface area contributed by atoms with Crippen LogP contribution in [0.1, 0.15) is 34.6 Å². The Bertz CT molecular complexity index is 771. The minimum atomic E-state index is -0.249. The van der Waals surface area contributed by atoms with E-state index in [1.807, 2.05) is 38.1 Å². The topological polar surface area (TPSA) is 22.1 Å². The first-order chi connectivity index (χ1) is 10.3. The van der Waals surface area contributed by atoms with Gasteiger partial charge in [-0.05, 0) is 46.8 Å². The lowest BCUT2D eigenvalue weighted by Crippen LogP contribution is -2.34. The zero-order valence-electron chi connectivity index (χ0n) is 13.8. The highest BCUT2D eigenvalue weighted by Crippen LogP contribution is 2.22. The van der Waals surface area contributed by atoms with Crippen LogP contribution in [-0.4, -0.2) is 10.6 Å². The van der Waals surface area contributed by atoms with E-state index in [-0.39, 0.29) is 5.60 Å².